The van der Waals surface area contributed by atoms with Gasteiger partial charge in [0.1, 0.15) is 0 Å². The van der Waals surface area contributed by atoms with Crippen molar-refractivity contribution in [3.63, 3.8) is 0 Å². The Bertz CT molecular complexity index is 624. The topological polar surface area (TPSA) is 73.0 Å². The number of nitrogens with zero attached hydrogens (tertiary/aromatic N) is 3. The van der Waals surface area contributed by atoms with Crippen LogP contribution in [-0.4, -0.2) is 14.7 Å². The summed E-state index contributed by atoms with van der Waals surface area (Å²) in [5.74, 6) is -0.849. The average molecular weight is 264 g/mol. The van der Waals surface area contributed by atoms with Gasteiger partial charge in [0.2, 0.25) is 5.82 Å². The summed E-state index contributed by atoms with van der Waals surface area (Å²) in [5, 5.41) is 17.6. The lowest BCUT2D eigenvalue weighted by atomic mass is 10.2. The van der Waals surface area contributed by atoms with Crippen molar-refractivity contribution in [2.45, 2.75) is 13.5 Å². The Hall–Kier alpha value is -2.44. The smallest absolute Gasteiger partial charge is 0.304 e. The number of hydrogen-bond donors (Lipinski definition) is 1. The van der Waals surface area contributed by atoms with Crippen molar-refractivity contribution in [2.24, 2.45) is 7.05 Å². The highest BCUT2D eigenvalue weighted by Crippen LogP contribution is 2.21. The largest absolute Gasteiger partial charge is 0.381 e. The van der Waals surface area contributed by atoms with Crippen LogP contribution < -0.4 is 5.32 Å². The van der Waals surface area contributed by atoms with E-state index in [2.05, 4.69) is 10.4 Å². The van der Waals surface area contributed by atoms with Gasteiger partial charge in [0.05, 0.1) is 11.1 Å². The molecule has 1 aromatic carbocycles. The van der Waals surface area contributed by atoms with Gasteiger partial charge in [0, 0.05) is 42.7 Å². The molecule has 0 saturated carbocycles. The fraction of sp³-hybridized carbons (Fsp3) is 0.250. The molecule has 0 atom stereocenters. The number of anilines is 1. The Morgan fingerprint density at radius 3 is 2.79 bits per heavy atom. The van der Waals surface area contributed by atoms with Crippen molar-refractivity contribution in [3.05, 3.63) is 51.6 Å². The van der Waals surface area contributed by atoms with Gasteiger partial charge >= 0.3 is 5.69 Å². The Morgan fingerprint density at radius 2 is 2.26 bits per heavy atom. The Labute approximate surface area is 109 Å². The van der Waals surface area contributed by atoms with Crippen molar-refractivity contribution in [3.8, 4) is 0 Å². The van der Waals surface area contributed by atoms with Crippen LogP contribution >= 0.6 is 0 Å². The van der Waals surface area contributed by atoms with Crippen molar-refractivity contribution in [1.82, 2.24) is 9.78 Å². The SMILES string of the molecule is Cc1c(CNc2ccc([N+](=O)[O-])c(F)c2)cnn1C. The van der Waals surface area contributed by atoms with Crippen LogP contribution in [0.25, 0.3) is 0 Å². The Morgan fingerprint density at radius 1 is 1.53 bits per heavy atom. The zero-order valence-electron chi connectivity index (χ0n) is 10.6. The van der Waals surface area contributed by atoms with E-state index in [0.717, 1.165) is 23.4 Å². The zero-order valence-corrected chi connectivity index (χ0v) is 10.6. The first-order valence-corrected chi connectivity index (χ1v) is 5.64. The van der Waals surface area contributed by atoms with E-state index in [0.29, 0.717) is 12.2 Å². The molecule has 100 valence electrons. The molecule has 1 heterocycles. The summed E-state index contributed by atoms with van der Waals surface area (Å²) in [5.41, 5.74) is 1.96. The molecule has 7 heteroatoms. The lowest BCUT2D eigenvalue weighted by molar-refractivity contribution is -0.387. The van der Waals surface area contributed by atoms with E-state index in [4.69, 9.17) is 0 Å². The number of hydrogen-bond acceptors (Lipinski definition) is 4. The highest BCUT2D eigenvalue weighted by molar-refractivity contribution is 5.50. The molecule has 0 aliphatic rings. The highest BCUT2D eigenvalue weighted by atomic mass is 19.1. The quantitative estimate of drug-likeness (QED) is 0.679. The van der Waals surface area contributed by atoms with Gasteiger partial charge < -0.3 is 5.32 Å². The number of nitro groups is 1. The maximum atomic E-state index is 13.4. The maximum absolute atomic E-state index is 13.4. The Balaban J connectivity index is 2.10. The molecular weight excluding hydrogens is 251 g/mol. The molecule has 6 nitrogen and oxygen atoms in total. The molecule has 0 radical (unpaired) electrons. The first-order chi connectivity index (χ1) is 8.99. The fourth-order valence-corrected chi connectivity index (χ4v) is 1.68. The molecule has 0 amide bonds. The third-order valence-corrected chi connectivity index (χ3v) is 2.96. The normalized spacial score (nSPS) is 10.5. The molecular formula is C12H13FN4O2. The number of halogens is 1. The minimum Gasteiger partial charge on any atom is -0.381 e. The van der Waals surface area contributed by atoms with Crippen LogP contribution in [0.3, 0.4) is 0 Å². The Kier molecular flexibility index (Phi) is 3.46. The third-order valence-electron chi connectivity index (χ3n) is 2.96. The van der Waals surface area contributed by atoms with E-state index in [9.17, 15) is 14.5 Å². The second-order valence-electron chi connectivity index (χ2n) is 4.16. The van der Waals surface area contributed by atoms with E-state index in [1.54, 1.807) is 10.9 Å². The van der Waals surface area contributed by atoms with Gasteiger partial charge in [-0.1, -0.05) is 0 Å². The molecule has 19 heavy (non-hydrogen) atoms. The molecule has 0 aliphatic heterocycles. The minimum absolute atomic E-state index is 0.483. The first-order valence-electron chi connectivity index (χ1n) is 5.64. The predicted octanol–water partition coefficient (Wildman–Crippen LogP) is 2.39. The summed E-state index contributed by atoms with van der Waals surface area (Å²) in [6, 6.07) is 3.74. The van der Waals surface area contributed by atoms with Crippen LogP contribution in [0, 0.1) is 22.9 Å². The standard InChI is InChI=1S/C12H13FN4O2/c1-8-9(7-15-16(8)2)6-14-10-3-4-12(17(18)19)11(13)5-10/h3-5,7,14H,6H2,1-2H3. The van der Waals surface area contributed by atoms with Crippen LogP contribution in [0.15, 0.2) is 24.4 Å². The third kappa shape index (κ3) is 2.70. The summed E-state index contributed by atoms with van der Waals surface area (Å²) in [6.07, 6.45) is 1.73. The summed E-state index contributed by atoms with van der Waals surface area (Å²) < 4.78 is 15.2. The lowest BCUT2D eigenvalue weighted by Gasteiger charge is -2.06. The molecule has 0 saturated heterocycles. The number of benzene rings is 1. The van der Waals surface area contributed by atoms with Crippen LogP contribution in [0.4, 0.5) is 15.8 Å². The van der Waals surface area contributed by atoms with Crippen molar-refractivity contribution >= 4 is 11.4 Å². The zero-order chi connectivity index (χ0) is 14.0. The number of rotatable bonds is 4. The molecule has 0 fully saturated rings. The summed E-state index contributed by atoms with van der Waals surface area (Å²) in [4.78, 5) is 9.75. The summed E-state index contributed by atoms with van der Waals surface area (Å²) >= 11 is 0. The maximum Gasteiger partial charge on any atom is 0.304 e. The van der Waals surface area contributed by atoms with E-state index in [1.807, 2.05) is 14.0 Å². The number of nitro benzene ring substituents is 1. The summed E-state index contributed by atoms with van der Waals surface area (Å²) in [6.45, 7) is 2.41. The number of aryl methyl sites for hydroxylation is 1. The van der Waals surface area contributed by atoms with Gasteiger partial charge in [0.15, 0.2) is 0 Å². The van der Waals surface area contributed by atoms with Gasteiger partial charge in [-0.05, 0) is 13.0 Å². The van der Waals surface area contributed by atoms with Crippen molar-refractivity contribution in [2.75, 3.05) is 5.32 Å². The molecule has 0 aliphatic carbocycles. The van der Waals surface area contributed by atoms with Crippen LogP contribution in [0.5, 0.6) is 0 Å². The molecule has 1 N–H and O–H groups in total. The average Bonchev–Trinajstić information content (AvgIpc) is 2.67. The van der Waals surface area contributed by atoms with Crippen molar-refractivity contribution in [1.29, 1.82) is 0 Å². The molecule has 2 rings (SSSR count). The second kappa shape index (κ2) is 5.05. The van der Waals surface area contributed by atoms with Gasteiger partial charge in [0.25, 0.3) is 0 Å². The summed E-state index contributed by atoms with van der Waals surface area (Å²) in [7, 11) is 1.84. The van der Waals surface area contributed by atoms with Crippen LogP contribution in [-0.2, 0) is 13.6 Å². The second-order valence-corrected chi connectivity index (χ2v) is 4.16. The number of nitrogens with one attached hydrogen (secondary N) is 1. The first kappa shape index (κ1) is 13.0. The van der Waals surface area contributed by atoms with Gasteiger partial charge in [-0.2, -0.15) is 9.49 Å². The van der Waals surface area contributed by atoms with E-state index >= 15 is 0 Å². The molecule has 0 unspecified atom stereocenters. The van der Waals surface area contributed by atoms with Crippen molar-refractivity contribution < 1.29 is 9.31 Å². The van der Waals surface area contributed by atoms with Crippen LogP contribution in [0.2, 0.25) is 0 Å². The monoisotopic (exact) mass is 264 g/mol. The van der Waals surface area contributed by atoms with E-state index < -0.39 is 16.4 Å². The van der Waals surface area contributed by atoms with Gasteiger partial charge in [-0.25, -0.2) is 0 Å². The van der Waals surface area contributed by atoms with Gasteiger partial charge in [-0.3, -0.25) is 14.8 Å². The molecule has 1 aromatic heterocycles. The molecule has 2 aromatic rings. The van der Waals surface area contributed by atoms with Crippen LogP contribution in [0.1, 0.15) is 11.3 Å². The minimum atomic E-state index is -0.849. The highest BCUT2D eigenvalue weighted by Gasteiger charge is 2.13. The van der Waals surface area contributed by atoms with E-state index in [1.165, 1.54) is 6.07 Å². The van der Waals surface area contributed by atoms with E-state index in [-0.39, 0.29) is 0 Å². The predicted molar refractivity (Wildman–Crippen MR) is 68.3 cm³/mol. The fourth-order valence-electron chi connectivity index (χ4n) is 1.68. The van der Waals surface area contributed by atoms with Gasteiger partial charge in [-0.15, -0.1) is 0 Å². The molecule has 0 spiro atoms. The molecule has 0 bridgehead atoms. The lowest BCUT2D eigenvalue weighted by Crippen LogP contribution is -2.02. The number of aromatic nitrogens is 2.